The minimum Gasteiger partial charge on any atom is -0.383 e. The average molecular weight is 210 g/mol. The summed E-state index contributed by atoms with van der Waals surface area (Å²) in [6.07, 6.45) is 1.24. The standard InChI is InChI=1S/C4H5BrClN3/c5-2(4(8)9)1-3(6)7/h1,7H,(H3,8,9)/b2-1+,7-3?. The molecule has 3 nitrogen and oxygen atoms in total. The fraction of sp³-hybridized carbons (Fsp3) is 0. The first-order chi connectivity index (χ1) is 4.04. The Morgan fingerprint density at radius 3 is 2.11 bits per heavy atom. The zero-order valence-corrected chi connectivity index (χ0v) is 6.75. The lowest BCUT2D eigenvalue weighted by molar-refractivity contribution is 1.46. The van der Waals surface area contributed by atoms with Crippen LogP contribution in [0, 0.1) is 10.8 Å². The topological polar surface area (TPSA) is 73.7 Å². The fourth-order valence-corrected chi connectivity index (χ4v) is 0.659. The first-order valence-electron chi connectivity index (χ1n) is 1.99. The van der Waals surface area contributed by atoms with Gasteiger partial charge in [0.1, 0.15) is 11.0 Å². The van der Waals surface area contributed by atoms with Crippen molar-refractivity contribution in [3.63, 3.8) is 0 Å². The van der Waals surface area contributed by atoms with E-state index in [1.165, 1.54) is 6.08 Å². The Morgan fingerprint density at radius 2 is 2.00 bits per heavy atom. The number of hydrogen-bond acceptors (Lipinski definition) is 2. The Morgan fingerprint density at radius 1 is 1.56 bits per heavy atom. The molecule has 0 bridgehead atoms. The van der Waals surface area contributed by atoms with Gasteiger partial charge < -0.3 is 5.73 Å². The molecule has 0 aromatic heterocycles. The van der Waals surface area contributed by atoms with Gasteiger partial charge in [-0.25, -0.2) is 0 Å². The molecule has 0 aliphatic heterocycles. The molecule has 0 aliphatic carbocycles. The second-order valence-corrected chi connectivity index (χ2v) is 2.52. The maximum Gasteiger partial charge on any atom is 0.130 e. The van der Waals surface area contributed by atoms with Crippen LogP contribution in [-0.2, 0) is 0 Å². The van der Waals surface area contributed by atoms with E-state index in [1.807, 2.05) is 0 Å². The molecule has 0 aliphatic rings. The predicted octanol–water partition coefficient (Wildman–Crippen LogP) is 1.42. The Balaban J connectivity index is 4.17. The minimum absolute atomic E-state index is 0.139. The lowest BCUT2D eigenvalue weighted by atomic mass is 10.5. The summed E-state index contributed by atoms with van der Waals surface area (Å²) in [6, 6.07) is 0. The molecule has 0 rings (SSSR count). The van der Waals surface area contributed by atoms with Gasteiger partial charge in [0.15, 0.2) is 0 Å². The number of allylic oxidation sites excluding steroid dienone is 1. The van der Waals surface area contributed by atoms with E-state index in [9.17, 15) is 0 Å². The van der Waals surface area contributed by atoms with E-state index < -0.39 is 0 Å². The third-order valence-electron chi connectivity index (χ3n) is 0.511. The Hall–Kier alpha value is -0.350. The highest BCUT2D eigenvalue weighted by atomic mass is 79.9. The maximum absolute atomic E-state index is 6.80. The van der Waals surface area contributed by atoms with Gasteiger partial charge in [-0.15, -0.1) is 0 Å². The van der Waals surface area contributed by atoms with E-state index in [0.29, 0.717) is 4.48 Å². The molecule has 0 aromatic rings. The Kier molecular flexibility index (Phi) is 3.49. The molecule has 0 radical (unpaired) electrons. The Bertz CT molecular complexity index is 175. The lowest BCUT2D eigenvalue weighted by Crippen LogP contribution is -2.09. The lowest BCUT2D eigenvalue weighted by Gasteiger charge is -1.90. The van der Waals surface area contributed by atoms with E-state index >= 15 is 0 Å². The van der Waals surface area contributed by atoms with Crippen molar-refractivity contribution in [1.29, 1.82) is 10.8 Å². The van der Waals surface area contributed by atoms with Crippen LogP contribution in [0.4, 0.5) is 0 Å². The number of rotatable bonds is 2. The zero-order valence-electron chi connectivity index (χ0n) is 4.41. The van der Waals surface area contributed by atoms with Gasteiger partial charge in [0.05, 0.1) is 4.48 Å². The molecule has 0 fully saturated rings. The van der Waals surface area contributed by atoms with E-state index in [2.05, 4.69) is 15.9 Å². The molecule has 0 spiro atoms. The molecule has 0 amide bonds. The fourth-order valence-electron chi connectivity index (χ4n) is 0.189. The summed E-state index contributed by atoms with van der Waals surface area (Å²) in [6.45, 7) is 0. The molecule has 50 valence electrons. The maximum atomic E-state index is 6.80. The third kappa shape index (κ3) is 4.17. The van der Waals surface area contributed by atoms with Crippen molar-refractivity contribution in [1.82, 2.24) is 0 Å². The van der Waals surface area contributed by atoms with E-state index in [0.717, 1.165) is 0 Å². The van der Waals surface area contributed by atoms with Crippen LogP contribution in [0.2, 0.25) is 0 Å². The minimum atomic E-state index is -0.155. The molecular weight excluding hydrogens is 205 g/mol. The van der Waals surface area contributed by atoms with Crippen LogP contribution in [0.1, 0.15) is 0 Å². The van der Waals surface area contributed by atoms with Crippen LogP contribution in [0.15, 0.2) is 10.6 Å². The third-order valence-corrected chi connectivity index (χ3v) is 1.28. The van der Waals surface area contributed by atoms with Gasteiger partial charge in [0, 0.05) is 0 Å². The van der Waals surface area contributed by atoms with Crippen LogP contribution in [-0.4, -0.2) is 11.0 Å². The smallest absolute Gasteiger partial charge is 0.130 e. The van der Waals surface area contributed by atoms with Crippen LogP contribution in [0.5, 0.6) is 0 Å². The molecule has 5 heteroatoms. The van der Waals surface area contributed by atoms with Gasteiger partial charge >= 0.3 is 0 Å². The summed E-state index contributed by atoms with van der Waals surface area (Å²) < 4.78 is 0.322. The van der Waals surface area contributed by atoms with Gasteiger partial charge in [0.25, 0.3) is 0 Å². The molecule has 0 aromatic carbocycles. The SMILES string of the molecule is N=C(Cl)/C=C(/Br)C(=N)N. The van der Waals surface area contributed by atoms with Gasteiger partial charge in [-0.2, -0.15) is 0 Å². The number of amidine groups is 1. The summed E-state index contributed by atoms with van der Waals surface area (Å²) in [4.78, 5) is 0. The van der Waals surface area contributed by atoms with Crippen molar-refractivity contribution in [2.45, 2.75) is 0 Å². The summed E-state index contributed by atoms with van der Waals surface area (Å²) in [5.41, 5.74) is 5.00. The van der Waals surface area contributed by atoms with Gasteiger partial charge in [-0.1, -0.05) is 11.6 Å². The van der Waals surface area contributed by atoms with Crippen LogP contribution < -0.4 is 5.73 Å². The summed E-state index contributed by atoms with van der Waals surface area (Å²) in [5.74, 6) is -0.139. The molecule has 0 heterocycles. The quantitative estimate of drug-likeness (QED) is 0.468. The van der Waals surface area contributed by atoms with Crippen LogP contribution in [0.3, 0.4) is 0 Å². The monoisotopic (exact) mass is 209 g/mol. The van der Waals surface area contributed by atoms with E-state index in [1.54, 1.807) is 0 Å². The average Bonchev–Trinajstić information content (AvgIpc) is 1.63. The van der Waals surface area contributed by atoms with Crippen molar-refractivity contribution in [3.05, 3.63) is 10.6 Å². The highest BCUT2D eigenvalue weighted by Crippen LogP contribution is 2.03. The second kappa shape index (κ2) is 3.63. The predicted molar refractivity (Wildman–Crippen MR) is 42.5 cm³/mol. The van der Waals surface area contributed by atoms with E-state index in [4.69, 9.17) is 28.2 Å². The van der Waals surface area contributed by atoms with Gasteiger partial charge in [0.2, 0.25) is 0 Å². The molecular formula is C4H5BrClN3. The Labute approximate surface area is 66.0 Å². The first kappa shape index (κ1) is 8.65. The van der Waals surface area contributed by atoms with Crippen molar-refractivity contribution < 1.29 is 0 Å². The van der Waals surface area contributed by atoms with Crippen molar-refractivity contribution >= 4 is 38.5 Å². The van der Waals surface area contributed by atoms with Crippen molar-refractivity contribution in [2.24, 2.45) is 5.73 Å². The summed E-state index contributed by atoms with van der Waals surface area (Å²) in [7, 11) is 0. The van der Waals surface area contributed by atoms with Crippen molar-refractivity contribution in [3.8, 4) is 0 Å². The number of nitrogens with two attached hydrogens (primary N) is 1. The number of halogens is 2. The van der Waals surface area contributed by atoms with Gasteiger partial charge in [-0.3, -0.25) is 10.8 Å². The molecule has 9 heavy (non-hydrogen) atoms. The van der Waals surface area contributed by atoms with E-state index in [-0.39, 0.29) is 11.0 Å². The van der Waals surface area contributed by atoms with Crippen molar-refractivity contribution in [2.75, 3.05) is 0 Å². The highest BCUT2D eigenvalue weighted by molar-refractivity contribution is 9.12. The molecule has 4 N–H and O–H groups in total. The van der Waals surface area contributed by atoms with Crippen LogP contribution in [0.25, 0.3) is 0 Å². The number of nitrogens with one attached hydrogen (secondary N) is 2. The summed E-state index contributed by atoms with van der Waals surface area (Å²) in [5, 5.41) is 13.4. The zero-order chi connectivity index (χ0) is 7.44. The first-order valence-corrected chi connectivity index (χ1v) is 3.16. The van der Waals surface area contributed by atoms with Crippen LogP contribution >= 0.6 is 27.5 Å². The molecule has 0 unspecified atom stereocenters. The van der Waals surface area contributed by atoms with Gasteiger partial charge in [-0.05, 0) is 22.0 Å². The molecule has 0 atom stereocenters. The largest absolute Gasteiger partial charge is 0.383 e. The number of hydrogen-bond donors (Lipinski definition) is 3. The molecule has 0 saturated heterocycles. The second-order valence-electron chi connectivity index (χ2n) is 1.25. The normalized spacial score (nSPS) is 11.1. The molecule has 0 saturated carbocycles. The highest BCUT2D eigenvalue weighted by Gasteiger charge is 1.94. The summed E-state index contributed by atoms with van der Waals surface area (Å²) >= 11 is 8.07.